The molecule has 5 heterocycles. The number of rotatable bonds is 2. The van der Waals surface area contributed by atoms with Crippen molar-refractivity contribution < 1.29 is 33.4 Å². The van der Waals surface area contributed by atoms with Crippen LogP contribution in [0.25, 0.3) is 0 Å². The predicted octanol–water partition coefficient (Wildman–Crippen LogP) is 3.59. The number of ether oxygens (including phenoxy) is 3. The van der Waals surface area contributed by atoms with E-state index >= 15 is 0 Å². The SMILES string of the molecule is O=C1OC(=O)c2cc3c(cc21)Oc1cc2c(cc1C3(c1ccncc1)c1ccncc1)C(=O)OC2=O. The summed E-state index contributed by atoms with van der Waals surface area (Å²) in [7, 11) is 0. The van der Waals surface area contributed by atoms with Gasteiger partial charge in [0.1, 0.15) is 11.5 Å². The molecular formula is C27H12N2O7. The van der Waals surface area contributed by atoms with Gasteiger partial charge >= 0.3 is 23.9 Å². The number of nitrogens with zero attached hydrogens (tertiary/aromatic N) is 2. The molecule has 2 aromatic carbocycles. The van der Waals surface area contributed by atoms with Gasteiger partial charge in [-0.25, -0.2) is 19.2 Å². The molecule has 9 nitrogen and oxygen atoms in total. The van der Waals surface area contributed by atoms with Gasteiger partial charge in [0.25, 0.3) is 0 Å². The minimum absolute atomic E-state index is 0.0799. The molecule has 7 rings (SSSR count). The lowest BCUT2D eigenvalue weighted by Gasteiger charge is -2.41. The highest BCUT2D eigenvalue weighted by Gasteiger charge is 2.49. The van der Waals surface area contributed by atoms with Crippen LogP contribution in [0.4, 0.5) is 0 Å². The minimum atomic E-state index is -1.14. The third-order valence-corrected chi connectivity index (χ3v) is 6.74. The average molecular weight is 476 g/mol. The molecule has 0 saturated carbocycles. The number of hydrogen-bond donors (Lipinski definition) is 0. The van der Waals surface area contributed by atoms with E-state index in [9.17, 15) is 19.2 Å². The second kappa shape index (κ2) is 6.92. The maximum absolute atomic E-state index is 12.5. The minimum Gasteiger partial charge on any atom is -0.457 e. The Balaban J connectivity index is 1.66. The largest absolute Gasteiger partial charge is 0.457 e. The third-order valence-electron chi connectivity index (χ3n) is 6.74. The highest BCUT2D eigenvalue weighted by atomic mass is 16.6. The van der Waals surface area contributed by atoms with Crippen molar-refractivity contribution in [2.45, 2.75) is 5.41 Å². The number of pyridine rings is 2. The number of aromatic nitrogens is 2. The molecule has 172 valence electrons. The molecule has 0 spiro atoms. The molecule has 2 aromatic heterocycles. The van der Waals surface area contributed by atoms with Crippen LogP contribution < -0.4 is 4.74 Å². The number of esters is 4. The molecule has 3 aliphatic heterocycles. The monoisotopic (exact) mass is 476 g/mol. The maximum atomic E-state index is 12.5. The summed E-state index contributed by atoms with van der Waals surface area (Å²) in [6.07, 6.45) is 6.51. The van der Waals surface area contributed by atoms with Crippen LogP contribution in [0.2, 0.25) is 0 Å². The molecule has 3 aliphatic rings. The van der Waals surface area contributed by atoms with Crippen LogP contribution >= 0.6 is 0 Å². The predicted molar refractivity (Wildman–Crippen MR) is 120 cm³/mol. The van der Waals surface area contributed by atoms with Crippen molar-refractivity contribution in [1.82, 2.24) is 9.97 Å². The Kier molecular flexibility index (Phi) is 3.89. The molecule has 0 unspecified atom stereocenters. The van der Waals surface area contributed by atoms with E-state index < -0.39 is 29.3 Å². The van der Waals surface area contributed by atoms with Crippen molar-refractivity contribution in [2.24, 2.45) is 0 Å². The lowest BCUT2D eigenvalue weighted by Crippen LogP contribution is -2.35. The number of hydrogen-bond acceptors (Lipinski definition) is 9. The average Bonchev–Trinajstić information content (AvgIpc) is 3.34. The van der Waals surface area contributed by atoms with E-state index in [1.54, 1.807) is 36.9 Å². The van der Waals surface area contributed by atoms with Crippen molar-refractivity contribution in [3.63, 3.8) is 0 Å². The highest BCUT2D eigenvalue weighted by molar-refractivity contribution is 6.16. The van der Waals surface area contributed by atoms with Crippen molar-refractivity contribution in [3.8, 4) is 11.5 Å². The van der Waals surface area contributed by atoms with Crippen LogP contribution in [0.1, 0.15) is 63.7 Å². The highest BCUT2D eigenvalue weighted by Crippen LogP contribution is 2.56. The fourth-order valence-corrected chi connectivity index (χ4v) is 5.23. The van der Waals surface area contributed by atoms with Gasteiger partial charge < -0.3 is 14.2 Å². The summed E-state index contributed by atoms with van der Waals surface area (Å²) in [6, 6.07) is 13.3. The van der Waals surface area contributed by atoms with Gasteiger partial charge in [-0.15, -0.1) is 0 Å². The quantitative estimate of drug-likeness (QED) is 0.278. The van der Waals surface area contributed by atoms with Crippen LogP contribution in [0.3, 0.4) is 0 Å². The van der Waals surface area contributed by atoms with Gasteiger partial charge in [-0.2, -0.15) is 0 Å². The summed E-state index contributed by atoms with van der Waals surface area (Å²) in [5.74, 6) is -2.48. The zero-order chi connectivity index (χ0) is 24.6. The van der Waals surface area contributed by atoms with Crippen LogP contribution in [-0.4, -0.2) is 33.8 Å². The molecular weight excluding hydrogens is 464 g/mol. The van der Waals surface area contributed by atoms with Crippen molar-refractivity contribution in [2.75, 3.05) is 0 Å². The first-order chi connectivity index (χ1) is 17.5. The van der Waals surface area contributed by atoms with E-state index in [0.29, 0.717) is 22.6 Å². The smallest absolute Gasteiger partial charge is 0.347 e. The zero-order valence-corrected chi connectivity index (χ0v) is 18.2. The van der Waals surface area contributed by atoms with Gasteiger partial charge in [0, 0.05) is 35.9 Å². The molecule has 9 heteroatoms. The summed E-state index contributed by atoms with van der Waals surface area (Å²) in [4.78, 5) is 58.0. The van der Waals surface area contributed by atoms with Gasteiger partial charge in [-0.1, -0.05) is 0 Å². The third kappa shape index (κ3) is 2.48. The normalized spacial score (nSPS) is 16.3. The summed E-state index contributed by atoms with van der Waals surface area (Å²) in [6.45, 7) is 0. The number of carbonyl (C=O) groups is 4. The standard InChI is InChI=1S/C27H12N2O7/c30-23-15-9-19-21(11-17(15)25(32)35-23)34-22-12-18-16(24(31)36-26(18)33)10-20(22)27(19,13-1-5-28-6-2-13)14-3-7-29-8-4-14/h1-12H. The van der Waals surface area contributed by atoms with Gasteiger partial charge in [-0.3, -0.25) is 9.97 Å². The molecule has 0 bridgehead atoms. The van der Waals surface area contributed by atoms with E-state index in [1.165, 1.54) is 12.1 Å². The number of cyclic esters (lactones) is 4. The molecule has 0 fully saturated rings. The number of carbonyl (C=O) groups excluding carboxylic acids is 4. The Morgan fingerprint density at radius 3 is 1.25 bits per heavy atom. The van der Waals surface area contributed by atoms with Crippen LogP contribution in [0.5, 0.6) is 11.5 Å². The Bertz CT molecular complexity index is 1550. The molecule has 4 aromatic rings. The molecule has 36 heavy (non-hydrogen) atoms. The molecule has 0 radical (unpaired) electrons. The Morgan fingerprint density at radius 1 is 0.500 bits per heavy atom. The van der Waals surface area contributed by atoms with E-state index in [1.807, 2.05) is 24.3 Å². The lowest BCUT2D eigenvalue weighted by atomic mass is 9.63. The second-order valence-electron chi connectivity index (χ2n) is 8.47. The summed E-state index contributed by atoms with van der Waals surface area (Å²) >= 11 is 0. The second-order valence-corrected chi connectivity index (χ2v) is 8.47. The first-order valence-corrected chi connectivity index (χ1v) is 10.9. The van der Waals surface area contributed by atoms with Crippen molar-refractivity contribution >= 4 is 23.9 Å². The van der Waals surface area contributed by atoms with Crippen LogP contribution in [0.15, 0.2) is 73.3 Å². The van der Waals surface area contributed by atoms with Gasteiger partial charge in [-0.05, 0) is 59.7 Å². The topological polar surface area (TPSA) is 122 Å². The first kappa shape index (κ1) is 20.2. The molecule has 0 amide bonds. The molecule has 0 atom stereocenters. The van der Waals surface area contributed by atoms with Gasteiger partial charge in [0.05, 0.1) is 27.7 Å². The Morgan fingerprint density at radius 2 is 0.861 bits per heavy atom. The first-order valence-electron chi connectivity index (χ1n) is 10.9. The van der Waals surface area contributed by atoms with Gasteiger partial charge in [0.2, 0.25) is 0 Å². The summed E-state index contributed by atoms with van der Waals surface area (Å²) in [5.41, 5.74) is 1.78. The number of benzene rings is 2. The van der Waals surface area contributed by atoms with Crippen molar-refractivity contribution in [1.29, 1.82) is 0 Å². The van der Waals surface area contributed by atoms with Crippen LogP contribution in [-0.2, 0) is 14.9 Å². The van der Waals surface area contributed by atoms with E-state index in [2.05, 4.69) is 9.97 Å². The Labute approximate surface area is 202 Å². The maximum Gasteiger partial charge on any atom is 0.347 e. The van der Waals surface area contributed by atoms with Gasteiger partial charge in [0.15, 0.2) is 0 Å². The molecule has 0 saturated heterocycles. The molecule has 0 aliphatic carbocycles. The zero-order valence-electron chi connectivity index (χ0n) is 18.2. The fraction of sp³-hybridized carbons (Fsp3) is 0.0370. The lowest BCUT2D eigenvalue weighted by molar-refractivity contribution is 0.0425. The molecule has 0 N–H and O–H groups in total. The van der Waals surface area contributed by atoms with Crippen molar-refractivity contribution in [3.05, 3.63) is 118 Å². The van der Waals surface area contributed by atoms with Crippen LogP contribution in [0, 0.1) is 0 Å². The summed E-state index contributed by atoms with van der Waals surface area (Å²) < 4.78 is 15.9. The fourth-order valence-electron chi connectivity index (χ4n) is 5.23. The van der Waals surface area contributed by atoms with E-state index in [0.717, 1.165) is 11.1 Å². The number of fused-ring (bicyclic) bond motifs is 4. The Hall–Kier alpha value is -5.18. The van der Waals surface area contributed by atoms with E-state index in [4.69, 9.17) is 14.2 Å². The van der Waals surface area contributed by atoms with E-state index in [-0.39, 0.29) is 22.3 Å². The summed E-state index contributed by atoms with van der Waals surface area (Å²) in [5, 5.41) is 0.